The van der Waals surface area contributed by atoms with Gasteiger partial charge in [0.2, 0.25) is 5.91 Å². The second-order valence-electron chi connectivity index (χ2n) is 7.05. The van der Waals surface area contributed by atoms with Crippen LogP contribution in [-0.2, 0) is 14.8 Å². The standard InChI is InChI=1S/C20H21NO5S2/c1-11(2)19(22)21(15-6-7-16-17(10-15)27-20(23)26-16)28(24,25)18-9-13(4)12(3)8-14(18)5/h6-11H,1-5H3. The van der Waals surface area contributed by atoms with Crippen molar-refractivity contribution in [1.82, 2.24) is 0 Å². The molecule has 3 aromatic rings. The van der Waals surface area contributed by atoms with Crippen molar-refractivity contribution >= 4 is 43.2 Å². The molecule has 0 aliphatic carbocycles. The van der Waals surface area contributed by atoms with Gasteiger partial charge in [0.1, 0.15) is 5.58 Å². The zero-order valence-corrected chi connectivity index (χ0v) is 17.9. The summed E-state index contributed by atoms with van der Waals surface area (Å²) in [4.78, 5) is 24.0. The van der Waals surface area contributed by atoms with Crippen LogP contribution in [0.2, 0.25) is 0 Å². The minimum atomic E-state index is -4.15. The van der Waals surface area contributed by atoms with Crippen molar-refractivity contribution in [3.8, 4) is 0 Å². The van der Waals surface area contributed by atoms with Gasteiger partial charge in [-0.3, -0.25) is 4.79 Å². The molecule has 0 aliphatic rings. The molecule has 0 saturated carbocycles. The molecule has 1 aromatic heterocycles. The molecule has 0 aliphatic heterocycles. The molecule has 2 aromatic carbocycles. The summed E-state index contributed by atoms with van der Waals surface area (Å²) in [6, 6.07) is 7.87. The van der Waals surface area contributed by atoms with Crippen molar-refractivity contribution in [3.63, 3.8) is 0 Å². The third-order valence-corrected chi connectivity index (χ3v) is 7.21. The van der Waals surface area contributed by atoms with Gasteiger partial charge in [-0.1, -0.05) is 31.3 Å². The average molecular weight is 420 g/mol. The van der Waals surface area contributed by atoms with Gasteiger partial charge in [0, 0.05) is 5.92 Å². The summed E-state index contributed by atoms with van der Waals surface area (Å²) in [6.45, 7) is 8.74. The molecule has 148 valence electrons. The van der Waals surface area contributed by atoms with Crippen molar-refractivity contribution in [2.75, 3.05) is 4.31 Å². The molecule has 0 saturated heterocycles. The lowest BCUT2D eigenvalue weighted by Crippen LogP contribution is -2.40. The number of sulfonamides is 1. The van der Waals surface area contributed by atoms with E-state index < -0.39 is 26.8 Å². The number of amides is 1. The number of aryl methyl sites for hydroxylation is 3. The highest BCUT2D eigenvalue weighted by Gasteiger charge is 2.34. The Labute approximate surface area is 167 Å². The van der Waals surface area contributed by atoms with E-state index in [1.807, 2.05) is 13.8 Å². The van der Waals surface area contributed by atoms with Crippen LogP contribution in [0, 0.1) is 26.7 Å². The summed E-state index contributed by atoms with van der Waals surface area (Å²) in [5.74, 6) is -1.09. The van der Waals surface area contributed by atoms with E-state index in [2.05, 4.69) is 0 Å². The lowest BCUT2D eigenvalue weighted by molar-refractivity contribution is -0.120. The minimum absolute atomic E-state index is 0.0880. The highest BCUT2D eigenvalue weighted by Crippen LogP contribution is 2.31. The molecule has 28 heavy (non-hydrogen) atoms. The summed E-state index contributed by atoms with van der Waals surface area (Å²) in [5, 5.41) is 0. The van der Waals surface area contributed by atoms with Crippen molar-refractivity contribution in [3.05, 3.63) is 56.8 Å². The van der Waals surface area contributed by atoms with E-state index >= 15 is 0 Å². The highest BCUT2D eigenvalue weighted by atomic mass is 32.2. The topological polar surface area (TPSA) is 84.7 Å². The molecule has 1 heterocycles. The van der Waals surface area contributed by atoms with E-state index in [1.165, 1.54) is 18.2 Å². The first-order valence-electron chi connectivity index (χ1n) is 8.73. The second kappa shape index (κ2) is 7.18. The van der Waals surface area contributed by atoms with E-state index in [4.69, 9.17) is 4.42 Å². The molecule has 3 rings (SSSR count). The SMILES string of the molecule is Cc1cc(C)c(S(=O)(=O)N(C(=O)C(C)C)c2ccc3oc(=O)sc3c2)cc1C. The van der Waals surface area contributed by atoms with Crippen LogP contribution in [0.3, 0.4) is 0 Å². The van der Waals surface area contributed by atoms with Gasteiger partial charge in [-0.2, -0.15) is 0 Å². The van der Waals surface area contributed by atoms with Gasteiger partial charge in [-0.25, -0.2) is 17.5 Å². The number of hydrogen-bond donors (Lipinski definition) is 0. The smallest absolute Gasteiger partial charge is 0.396 e. The summed E-state index contributed by atoms with van der Waals surface area (Å²) in [7, 11) is -4.15. The Kier molecular flexibility index (Phi) is 5.20. The average Bonchev–Trinajstić information content (AvgIpc) is 2.97. The van der Waals surface area contributed by atoms with Gasteiger partial charge >= 0.3 is 4.94 Å². The molecule has 0 fully saturated rings. The molecule has 0 unspecified atom stereocenters. The Morgan fingerprint density at radius 2 is 1.68 bits per heavy atom. The number of carbonyl (C=O) groups is 1. The second-order valence-corrected chi connectivity index (χ2v) is 9.78. The largest absolute Gasteiger partial charge is 0.414 e. The summed E-state index contributed by atoms with van der Waals surface area (Å²) in [5.41, 5.74) is 2.91. The van der Waals surface area contributed by atoms with E-state index in [-0.39, 0.29) is 10.6 Å². The quantitative estimate of drug-likeness (QED) is 0.634. The first-order valence-corrected chi connectivity index (χ1v) is 11.0. The van der Waals surface area contributed by atoms with E-state index in [9.17, 15) is 18.0 Å². The Balaban J connectivity index is 2.26. The number of benzene rings is 2. The van der Waals surface area contributed by atoms with Crippen molar-refractivity contribution < 1.29 is 17.6 Å². The van der Waals surface area contributed by atoms with Crippen molar-refractivity contribution in [1.29, 1.82) is 0 Å². The fraction of sp³-hybridized carbons (Fsp3) is 0.300. The Morgan fingerprint density at radius 3 is 2.32 bits per heavy atom. The predicted octanol–water partition coefficient (Wildman–Crippen LogP) is 4.16. The van der Waals surface area contributed by atoms with Crippen LogP contribution in [0.5, 0.6) is 0 Å². The number of rotatable bonds is 4. The third-order valence-electron chi connectivity index (χ3n) is 4.55. The Hall–Kier alpha value is -2.45. The van der Waals surface area contributed by atoms with Crippen LogP contribution in [0.1, 0.15) is 30.5 Å². The highest BCUT2D eigenvalue weighted by molar-refractivity contribution is 7.93. The fourth-order valence-electron chi connectivity index (χ4n) is 2.92. The number of nitrogens with zero attached hydrogens (tertiary/aromatic N) is 1. The van der Waals surface area contributed by atoms with Gasteiger partial charge in [0.15, 0.2) is 0 Å². The molecule has 8 heteroatoms. The van der Waals surface area contributed by atoms with Gasteiger partial charge in [0.25, 0.3) is 10.0 Å². The monoisotopic (exact) mass is 419 g/mol. The molecule has 6 nitrogen and oxygen atoms in total. The van der Waals surface area contributed by atoms with Crippen LogP contribution in [0.25, 0.3) is 10.3 Å². The summed E-state index contributed by atoms with van der Waals surface area (Å²) < 4.78 is 33.4. The maximum atomic E-state index is 13.5. The van der Waals surface area contributed by atoms with Crippen LogP contribution < -0.4 is 9.24 Å². The molecular formula is C20H21NO5S2. The Bertz CT molecular complexity index is 1240. The van der Waals surface area contributed by atoms with E-state index in [0.29, 0.717) is 15.8 Å². The van der Waals surface area contributed by atoms with Gasteiger partial charge in [-0.15, -0.1) is 0 Å². The maximum Gasteiger partial charge on any atom is 0.396 e. The van der Waals surface area contributed by atoms with Gasteiger partial charge < -0.3 is 4.42 Å². The molecule has 0 atom stereocenters. The first-order chi connectivity index (χ1) is 13.0. The maximum absolute atomic E-state index is 13.5. The molecule has 0 bridgehead atoms. The van der Waals surface area contributed by atoms with E-state index in [0.717, 1.165) is 26.8 Å². The van der Waals surface area contributed by atoms with Crippen LogP contribution >= 0.6 is 11.3 Å². The Morgan fingerprint density at radius 1 is 1.04 bits per heavy atom. The number of fused-ring (bicyclic) bond motifs is 1. The third kappa shape index (κ3) is 3.49. The van der Waals surface area contributed by atoms with E-state index in [1.54, 1.807) is 32.9 Å². The van der Waals surface area contributed by atoms with Crippen molar-refractivity contribution in [2.45, 2.75) is 39.5 Å². The zero-order chi connectivity index (χ0) is 20.8. The first kappa shape index (κ1) is 20.3. The lowest BCUT2D eigenvalue weighted by Gasteiger charge is -2.25. The van der Waals surface area contributed by atoms with Crippen LogP contribution in [-0.4, -0.2) is 14.3 Å². The molecule has 0 spiro atoms. The van der Waals surface area contributed by atoms with Crippen LogP contribution in [0.15, 0.2) is 44.4 Å². The summed E-state index contributed by atoms with van der Waals surface area (Å²) in [6.07, 6.45) is 0. The molecular weight excluding hydrogens is 398 g/mol. The van der Waals surface area contributed by atoms with Crippen LogP contribution in [0.4, 0.5) is 5.69 Å². The molecule has 0 N–H and O–H groups in total. The van der Waals surface area contributed by atoms with Crippen molar-refractivity contribution in [2.24, 2.45) is 5.92 Å². The zero-order valence-electron chi connectivity index (χ0n) is 16.3. The van der Waals surface area contributed by atoms with Gasteiger partial charge in [0.05, 0.1) is 15.3 Å². The predicted molar refractivity (Wildman–Crippen MR) is 111 cm³/mol. The minimum Gasteiger partial charge on any atom is -0.414 e. The lowest BCUT2D eigenvalue weighted by atomic mass is 10.1. The molecule has 0 radical (unpaired) electrons. The van der Waals surface area contributed by atoms with Gasteiger partial charge in [-0.05, 0) is 61.7 Å². The normalized spacial score (nSPS) is 11.9. The summed E-state index contributed by atoms with van der Waals surface area (Å²) >= 11 is 0.863. The number of anilines is 1. The molecule has 1 amide bonds. The fourth-order valence-corrected chi connectivity index (χ4v) is 5.44. The number of hydrogen-bond acceptors (Lipinski definition) is 6. The number of carbonyl (C=O) groups excluding carboxylic acids is 1.